The Morgan fingerprint density at radius 3 is 2.96 bits per heavy atom. The van der Waals surface area contributed by atoms with E-state index in [0.717, 1.165) is 30.5 Å². The van der Waals surface area contributed by atoms with Gasteiger partial charge in [-0.05, 0) is 18.6 Å². The maximum atomic E-state index is 4.69. The predicted octanol–water partition coefficient (Wildman–Crippen LogP) is 2.94. The molecule has 4 rings (SSSR count). The number of thiazole rings is 1. The number of hydrogen-bond acceptors (Lipinski definition) is 7. The standard InChI is InChI=1S/C16H16N6S/c1-11-6-12(8-18-7-11)22-5-2-13-14(10-22)23-16(20-13)21-15-9-17-3-4-19-15/h3-4,6-9H,2,5,10H2,1H3,(H,19,20,21). The van der Waals surface area contributed by atoms with Gasteiger partial charge >= 0.3 is 0 Å². The number of fused-ring (bicyclic) bond motifs is 1. The van der Waals surface area contributed by atoms with Crippen molar-refractivity contribution in [3.8, 4) is 0 Å². The first kappa shape index (κ1) is 14.1. The third-order valence-electron chi connectivity index (χ3n) is 3.76. The van der Waals surface area contributed by atoms with E-state index >= 15 is 0 Å². The summed E-state index contributed by atoms with van der Waals surface area (Å²) in [6.07, 6.45) is 9.79. The number of aromatic nitrogens is 4. The Hall–Kier alpha value is -2.54. The lowest BCUT2D eigenvalue weighted by atomic mass is 10.1. The smallest absolute Gasteiger partial charge is 0.188 e. The fraction of sp³-hybridized carbons (Fsp3) is 0.250. The monoisotopic (exact) mass is 324 g/mol. The van der Waals surface area contributed by atoms with Crippen LogP contribution in [0.5, 0.6) is 0 Å². The van der Waals surface area contributed by atoms with Gasteiger partial charge in [0.25, 0.3) is 0 Å². The molecule has 0 radical (unpaired) electrons. The summed E-state index contributed by atoms with van der Waals surface area (Å²) in [6, 6.07) is 2.18. The molecule has 4 heterocycles. The van der Waals surface area contributed by atoms with E-state index in [1.54, 1.807) is 29.9 Å². The summed E-state index contributed by atoms with van der Waals surface area (Å²) in [5.41, 5.74) is 3.54. The first-order valence-electron chi connectivity index (χ1n) is 7.46. The number of anilines is 3. The Kier molecular flexibility index (Phi) is 3.63. The minimum Gasteiger partial charge on any atom is -0.365 e. The Labute approximate surface area is 138 Å². The zero-order chi connectivity index (χ0) is 15.6. The van der Waals surface area contributed by atoms with Crippen LogP contribution in [-0.4, -0.2) is 26.5 Å². The molecule has 0 unspecified atom stereocenters. The molecule has 0 aromatic carbocycles. The molecule has 23 heavy (non-hydrogen) atoms. The lowest BCUT2D eigenvalue weighted by Gasteiger charge is -2.27. The number of rotatable bonds is 3. The lowest BCUT2D eigenvalue weighted by Crippen LogP contribution is -2.29. The summed E-state index contributed by atoms with van der Waals surface area (Å²) < 4.78 is 0. The first-order chi connectivity index (χ1) is 11.3. The second-order valence-corrected chi connectivity index (χ2v) is 6.58. The average Bonchev–Trinajstić information content (AvgIpc) is 2.97. The van der Waals surface area contributed by atoms with Crippen LogP contribution in [0.1, 0.15) is 16.1 Å². The third-order valence-corrected chi connectivity index (χ3v) is 4.75. The predicted molar refractivity (Wildman–Crippen MR) is 91.2 cm³/mol. The molecule has 0 bridgehead atoms. The van der Waals surface area contributed by atoms with Crippen molar-refractivity contribution in [2.75, 3.05) is 16.8 Å². The van der Waals surface area contributed by atoms with Crippen LogP contribution < -0.4 is 10.2 Å². The summed E-state index contributed by atoms with van der Waals surface area (Å²) >= 11 is 1.68. The van der Waals surface area contributed by atoms with Crippen LogP contribution in [0.2, 0.25) is 0 Å². The highest BCUT2D eigenvalue weighted by molar-refractivity contribution is 7.15. The van der Waals surface area contributed by atoms with Crippen molar-refractivity contribution in [3.05, 3.63) is 53.2 Å². The maximum absolute atomic E-state index is 4.69. The van der Waals surface area contributed by atoms with Gasteiger partial charge in [0, 0.05) is 36.4 Å². The van der Waals surface area contributed by atoms with Crippen molar-refractivity contribution >= 4 is 28.0 Å². The molecule has 3 aromatic rings. The van der Waals surface area contributed by atoms with Crippen LogP contribution >= 0.6 is 11.3 Å². The molecule has 116 valence electrons. The first-order valence-corrected chi connectivity index (χ1v) is 8.28. The highest BCUT2D eigenvalue weighted by Crippen LogP contribution is 2.31. The summed E-state index contributed by atoms with van der Waals surface area (Å²) in [6.45, 7) is 3.91. The van der Waals surface area contributed by atoms with Crippen LogP contribution in [-0.2, 0) is 13.0 Å². The molecular formula is C16H16N6S. The van der Waals surface area contributed by atoms with Gasteiger partial charge < -0.3 is 10.2 Å². The van der Waals surface area contributed by atoms with Crippen LogP contribution in [0.4, 0.5) is 16.6 Å². The number of nitrogens with zero attached hydrogens (tertiary/aromatic N) is 5. The largest absolute Gasteiger partial charge is 0.365 e. The fourth-order valence-electron chi connectivity index (χ4n) is 2.65. The van der Waals surface area contributed by atoms with E-state index in [0.29, 0.717) is 0 Å². The van der Waals surface area contributed by atoms with Gasteiger partial charge in [0.1, 0.15) is 0 Å². The van der Waals surface area contributed by atoms with Gasteiger partial charge in [-0.2, -0.15) is 0 Å². The van der Waals surface area contributed by atoms with Crippen LogP contribution in [0.15, 0.2) is 37.1 Å². The van der Waals surface area contributed by atoms with Crippen molar-refractivity contribution in [1.29, 1.82) is 0 Å². The highest BCUT2D eigenvalue weighted by atomic mass is 32.1. The number of pyridine rings is 1. The molecule has 1 N–H and O–H groups in total. The van der Waals surface area contributed by atoms with E-state index in [9.17, 15) is 0 Å². The van der Waals surface area contributed by atoms with Crippen LogP contribution in [0, 0.1) is 6.92 Å². The quantitative estimate of drug-likeness (QED) is 0.799. The minimum absolute atomic E-state index is 0.721. The van der Waals surface area contributed by atoms with Crippen LogP contribution in [0.25, 0.3) is 0 Å². The van der Waals surface area contributed by atoms with Gasteiger partial charge in [-0.1, -0.05) is 11.3 Å². The molecule has 0 amide bonds. The van der Waals surface area contributed by atoms with Gasteiger partial charge in [-0.3, -0.25) is 9.97 Å². The van der Waals surface area contributed by atoms with Gasteiger partial charge in [-0.25, -0.2) is 9.97 Å². The lowest BCUT2D eigenvalue weighted by molar-refractivity contribution is 0.727. The second kappa shape index (κ2) is 5.92. The minimum atomic E-state index is 0.721. The maximum Gasteiger partial charge on any atom is 0.188 e. The van der Waals surface area contributed by atoms with E-state index in [-0.39, 0.29) is 0 Å². The Morgan fingerprint density at radius 2 is 2.13 bits per heavy atom. The molecule has 1 aliphatic heterocycles. The molecule has 7 heteroatoms. The van der Waals surface area contributed by atoms with Gasteiger partial charge in [-0.15, -0.1) is 0 Å². The zero-order valence-electron chi connectivity index (χ0n) is 12.7. The van der Waals surface area contributed by atoms with E-state index in [1.165, 1.54) is 21.8 Å². The molecule has 6 nitrogen and oxygen atoms in total. The summed E-state index contributed by atoms with van der Waals surface area (Å²) in [5.74, 6) is 0.721. The van der Waals surface area contributed by atoms with Crippen LogP contribution in [0.3, 0.4) is 0 Å². The molecular weight excluding hydrogens is 308 g/mol. The summed E-state index contributed by atoms with van der Waals surface area (Å²) in [4.78, 5) is 20.9. The highest BCUT2D eigenvalue weighted by Gasteiger charge is 2.21. The zero-order valence-corrected chi connectivity index (χ0v) is 13.5. The van der Waals surface area contributed by atoms with E-state index in [2.05, 4.69) is 43.1 Å². The molecule has 0 spiro atoms. The molecule has 0 aliphatic carbocycles. The van der Waals surface area contributed by atoms with E-state index in [1.807, 2.05) is 12.4 Å². The average molecular weight is 324 g/mol. The molecule has 3 aromatic heterocycles. The molecule has 0 saturated heterocycles. The van der Waals surface area contributed by atoms with Gasteiger partial charge in [0.15, 0.2) is 10.9 Å². The number of hydrogen-bond donors (Lipinski definition) is 1. The Morgan fingerprint density at radius 1 is 1.17 bits per heavy atom. The second-order valence-electron chi connectivity index (χ2n) is 5.50. The van der Waals surface area contributed by atoms with Gasteiger partial charge in [0.05, 0.1) is 30.3 Å². The van der Waals surface area contributed by atoms with Crippen molar-refractivity contribution in [2.45, 2.75) is 19.9 Å². The fourth-order valence-corrected chi connectivity index (χ4v) is 3.69. The summed E-state index contributed by atoms with van der Waals surface area (Å²) in [5, 5.41) is 4.10. The normalized spacial score (nSPS) is 13.7. The Bertz CT molecular complexity index is 816. The number of aryl methyl sites for hydroxylation is 1. The number of nitrogens with one attached hydrogen (secondary N) is 1. The summed E-state index contributed by atoms with van der Waals surface area (Å²) in [7, 11) is 0. The Balaban J connectivity index is 1.54. The third kappa shape index (κ3) is 3.00. The van der Waals surface area contributed by atoms with E-state index < -0.39 is 0 Å². The van der Waals surface area contributed by atoms with Crippen molar-refractivity contribution in [2.24, 2.45) is 0 Å². The molecule has 0 fully saturated rings. The SMILES string of the molecule is Cc1cncc(N2CCc3nc(Nc4cnccn4)sc3C2)c1. The van der Waals surface area contributed by atoms with Gasteiger partial charge in [0.2, 0.25) is 0 Å². The molecule has 1 aliphatic rings. The molecule has 0 saturated carbocycles. The van der Waals surface area contributed by atoms with Crippen molar-refractivity contribution < 1.29 is 0 Å². The van der Waals surface area contributed by atoms with Crippen molar-refractivity contribution in [1.82, 2.24) is 19.9 Å². The van der Waals surface area contributed by atoms with E-state index in [4.69, 9.17) is 0 Å². The topological polar surface area (TPSA) is 66.8 Å². The van der Waals surface area contributed by atoms with Crippen molar-refractivity contribution in [3.63, 3.8) is 0 Å². The molecule has 0 atom stereocenters.